The van der Waals surface area contributed by atoms with Crippen LogP contribution in [0.4, 0.5) is 5.69 Å². The van der Waals surface area contributed by atoms with Gasteiger partial charge in [-0.15, -0.1) is 10.2 Å². The van der Waals surface area contributed by atoms with Crippen molar-refractivity contribution in [1.29, 1.82) is 0 Å². The Labute approximate surface area is 177 Å². The zero-order valence-corrected chi connectivity index (χ0v) is 17.5. The van der Waals surface area contributed by atoms with Gasteiger partial charge in [-0.25, -0.2) is 0 Å². The molecule has 1 saturated heterocycles. The number of pyridine rings is 1. The molecule has 0 unspecified atom stereocenters. The third-order valence-corrected chi connectivity index (χ3v) is 5.63. The molecular formula is C21H22BrN5O2. The van der Waals surface area contributed by atoms with Crippen LogP contribution in [0.3, 0.4) is 0 Å². The minimum absolute atomic E-state index is 0.0138. The van der Waals surface area contributed by atoms with Gasteiger partial charge in [-0.2, -0.15) is 0 Å². The van der Waals surface area contributed by atoms with Crippen molar-refractivity contribution < 1.29 is 9.90 Å². The minimum atomic E-state index is -0.548. The Morgan fingerprint density at radius 3 is 2.66 bits per heavy atom. The molecule has 1 fully saturated rings. The summed E-state index contributed by atoms with van der Waals surface area (Å²) in [5, 5.41) is 19.6. The van der Waals surface area contributed by atoms with E-state index in [4.69, 9.17) is 0 Å². The molecular weight excluding hydrogens is 434 g/mol. The maximum Gasteiger partial charge on any atom is 0.313 e. The summed E-state index contributed by atoms with van der Waals surface area (Å²) in [6.45, 7) is 2.59. The predicted molar refractivity (Wildman–Crippen MR) is 114 cm³/mol. The number of azo groups is 1. The van der Waals surface area contributed by atoms with Crippen molar-refractivity contribution in [1.82, 2.24) is 14.5 Å². The van der Waals surface area contributed by atoms with E-state index < -0.39 is 5.91 Å². The van der Waals surface area contributed by atoms with E-state index in [1.165, 1.54) is 19.0 Å². The first kappa shape index (κ1) is 19.7. The van der Waals surface area contributed by atoms with Gasteiger partial charge in [-0.05, 0) is 56.3 Å². The van der Waals surface area contributed by atoms with Crippen LogP contribution in [0.1, 0.15) is 36.2 Å². The first-order chi connectivity index (χ1) is 14.1. The lowest BCUT2D eigenvalue weighted by atomic mass is 10.2. The van der Waals surface area contributed by atoms with Crippen LogP contribution in [0, 0.1) is 0 Å². The lowest BCUT2D eigenvalue weighted by Gasteiger charge is -2.21. The van der Waals surface area contributed by atoms with Gasteiger partial charge in [-0.1, -0.05) is 34.8 Å². The van der Waals surface area contributed by atoms with Crippen molar-refractivity contribution in [3.05, 3.63) is 52.8 Å². The second-order valence-electron chi connectivity index (χ2n) is 7.16. The SMILES string of the molecule is O=C(N=Nc1c(O)n(CN2CCCCCC2)c2ccc(Br)cc12)c1ccccn1. The molecule has 0 spiro atoms. The highest BCUT2D eigenvalue weighted by Gasteiger charge is 2.20. The quantitative estimate of drug-likeness (QED) is 0.543. The summed E-state index contributed by atoms with van der Waals surface area (Å²) in [4.78, 5) is 18.6. The fourth-order valence-electron chi connectivity index (χ4n) is 3.65. The summed E-state index contributed by atoms with van der Waals surface area (Å²) < 4.78 is 2.71. The van der Waals surface area contributed by atoms with E-state index in [2.05, 4.69) is 36.0 Å². The first-order valence-corrected chi connectivity index (χ1v) is 10.5. The van der Waals surface area contributed by atoms with E-state index in [1.807, 2.05) is 22.8 Å². The number of fused-ring (bicyclic) bond motifs is 1. The molecule has 4 rings (SSSR count). The lowest BCUT2D eigenvalue weighted by Crippen LogP contribution is -2.27. The molecule has 0 saturated carbocycles. The molecule has 8 heteroatoms. The van der Waals surface area contributed by atoms with Crippen LogP contribution in [0.2, 0.25) is 0 Å². The van der Waals surface area contributed by atoms with Crippen molar-refractivity contribution in [3.63, 3.8) is 0 Å². The van der Waals surface area contributed by atoms with E-state index in [-0.39, 0.29) is 11.6 Å². The molecule has 0 atom stereocenters. The van der Waals surface area contributed by atoms with Gasteiger partial charge in [0, 0.05) is 16.1 Å². The number of rotatable bonds is 4. The Morgan fingerprint density at radius 1 is 1.14 bits per heavy atom. The number of hydrogen-bond acceptors (Lipinski definition) is 5. The predicted octanol–water partition coefficient (Wildman–Crippen LogP) is 5.26. The normalized spacial score (nSPS) is 15.8. The molecule has 0 aliphatic carbocycles. The summed E-state index contributed by atoms with van der Waals surface area (Å²) in [5.41, 5.74) is 1.36. The molecule has 1 amide bonds. The molecule has 2 aromatic heterocycles. The highest BCUT2D eigenvalue weighted by atomic mass is 79.9. The molecule has 3 aromatic rings. The van der Waals surface area contributed by atoms with Crippen LogP contribution in [-0.4, -0.2) is 38.6 Å². The van der Waals surface area contributed by atoms with Crippen molar-refractivity contribution in [2.24, 2.45) is 10.2 Å². The topological polar surface area (TPSA) is 83.1 Å². The summed E-state index contributed by atoms with van der Waals surface area (Å²) in [6.07, 6.45) is 6.35. The third-order valence-electron chi connectivity index (χ3n) is 5.14. The molecule has 3 heterocycles. The van der Waals surface area contributed by atoms with Crippen LogP contribution < -0.4 is 0 Å². The summed E-state index contributed by atoms with van der Waals surface area (Å²) >= 11 is 3.48. The molecule has 150 valence electrons. The highest BCUT2D eigenvalue weighted by molar-refractivity contribution is 9.10. The number of hydrogen-bond donors (Lipinski definition) is 1. The van der Waals surface area contributed by atoms with Crippen molar-refractivity contribution >= 4 is 38.4 Å². The average Bonchev–Trinajstić information content (AvgIpc) is 2.90. The molecule has 1 N–H and O–H groups in total. The van der Waals surface area contributed by atoms with Gasteiger partial charge in [0.1, 0.15) is 5.69 Å². The summed E-state index contributed by atoms with van der Waals surface area (Å²) in [6, 6.07) is 10.8. The van der Waals surface area contributed by atoms with Crippen LogP contribution >= 0.6 is 15.9 Å². The highest BCUT2D eigenvalue weighted by Crippen LogP contribution is 2.40. The fraction of sp³-hybridized carbons (Fsp3) is 0.333. The largest absolute Gasteiger partial charge is 0.493 e. The maximum atomic E-state index is 12.3. The third kappa shape index (κ3) is 4.38. The number of nitrogens with zero attached hydrogens (tertiary/aromatic N) is 5. The summed E-state index contributed by atoms with van der Waals surface area (Å²) in [7, 11) is 0. The fourth-order valence-corrected chi connectivity index (χ4v) is 4.01. The number of aromatic hydroxyl groups is 1. The van der Waals surface area contributed by atoms with E-state index in [0.717, 1.165) is 41.3 Å². The van der Waals surface area contributed by atoms with Crippen LogP contribution in [0.5, 0.6) is 5.88 Å². The van der Waals surface area contributed by atoms with Gasteiger partial charge in [0.2, 0.25) is 5.88 Å². The monoisotopic (exact) mass is 455 g/mol. The second kappa shape index (κ2) is 8.84. The van der Waals surface area contributed by atoms with E-state index in [9.17, 15) is 9.90 Å². The molecule has 0 bridgehead atoms. The second-order valence-corrected chi connectivity index (χ2v) is 8.07. The number of likely N-dealkylation sites (tertiary alicyclic amines) is 1. The number of carbonyl (C=O) groups is 1. The Bertz CT molecular complexity index is 1040. The first-order valence-electron chi connectivity index (χ1n) is 9.73. The van der Waals surface area contributed by atoms with E-state index in [1.54, 1.807) is 18.2 Å². The number of amides is 1. The maximum absolute atomic E-state index is 12.3. The summed E-state index contributed by atoms with van der Waals surface area (Å²) in [5.74, 6) is -0.534. The lowest BCUT2D eigenvalue weighted by molar-refractivity contribution is 0.0990. The molecule has 1 aromatic carbocycles. The van der Waals surface area contributed by atoms with Crippen LogP contribution in [0.15, 0.2) is 57.3 Å². The Morgan fingerprint density at radius 2 is 1.93 bits per heavy atom. The molecule has 7 nitrogen and oxygen atoms in total. The Hall–Kier alpha value is -2.58. The Balaban J connectivity index is 1.69. The smallest absolute Gasteiger partial charge is 0.313 e. The number of halogens is 1. The van der Waals surface area contributed by atoms with E-state index in [0.29, 0.717) is 12.4 Å². The molecule has 0 radical (unpaired) electrons. The molecule has 29 heavy (non-hydrogen) atoms. The van der Waals surface area contributed by atoms with Gasteiger partial charge < -0.3 is 5.11 Å². The molecule has 1 aliphatic rings. The standard InChI is InChI=1S/C21H22BrN5O2/c22-15-8-9-18-16(13-15)19(24-25-20(28)17-7-3-4-10-23-17)21(29)27(18)14-26-11-5-1-2-6-12-26/h3-4,7-10,13,29H,1-2,5-6,11-12,14H2. The van der Waals surface area contributed by atoms with Gasteiger partial charge in [-0.3, -0.25) is 19.2 Å². The zero-order valence-electron chi connectivity index (χ0n) is 16.0. The molecule has 1 aliphatic heterocycles. The average molecular weight is 456 g/mol. The van der Waals surface area contributed by atoms with Gasteiger partial charge in [0.15, 0.2) is 5.69 Å². The van der Waals surface area contributed by atoms with Gasteiger partial charge >= 0.3 is 5.91 Å². The van der Waals surface area contributed by atoms with Gasteiger partial charge in [0.25, 0.3) is 0 Å². The van der Waals surface area contributed by atoms with Gasteiger partial charge in [0.05, 0.1) is 12.2 Å². The Kier molecular flexibility index (Phi) is 6.01. The van der Waals surface area contributed by atoms with Crippen molar-refractivity contribution in [2.75, 3.05) is 13.1 Å². The number of aromatic nitrogens is 2. The minimum Gasteiger partial charge on any atom is -0.493 e. The van der Waals surface area contributed by atoms with Crippen molar-refractivity contribution in [3.8, 4) is 5.88 Å². The number of carbonyl (C=O) groups excluding carboxylic acids is 1. The van der Waals surface area contributed by atoms with E-state index >= 15 is 0 Å². The number of benzene rings is 1. The van der Waals surface area contributed by atoms with Crippen LogP contribution in [-0.2, 0) is 6.67 Å². The van der Waals surface area contributed by atoms with Crippen molar-refractivity contribution in [2.45, 2.75) is 32.4 Å². The van der Waals surface area contributed by atoms with Crippen LogP contribution in [0.25, 0.3) is 10.9 Å². The zero-order chi connectivity index (χ0) is 20.2.